The SMILES string of the molecule is COC(=O)c1ccccc1NC(=O)NC1CC(=O)N(C(C)c2ccccc2)C1. The number of nitrogens with zero attached hydrogens (tertiary/aromatic N) is 1. The first-order valence-corrected chi connectivity index (χ1v) is 9.09. The number of rotatable bonds is 5. The van der Waals surface area contributed by atoms with Gasteiger partial charge >= 0.3 is 12.0 Å². The van der Waals surface area contributed by atoms with Crippen molar-refractivity contribution >= 4 is 23.6 Å². The Bertz CT molecular complexity index is 869. The summed E-state index contributed by atoms with van der Waals surface area (Å²) in [6.07, 6.45) is 0.239. The van der Waals surface area contributed by atoms with Crippen LogP contribution in [0, 0.1) is 0 Å². The summed E-state index contributed by atoms with van der Waals surface area (Å²) in [5.74, 6) is -0.536. The van der Waals surface area contributed by atoms with Gasteiger partial charge in [-0.25, -0.2) is 9.59 Å². The summed E-state index contributed by atoms with van der Waals surface area (Å²) >= 11 is 0. The lowest BCUT2D eigenvalue weighted by molar-refractivity contribution is -0.129. The summed E-state index contributed by atoms with van der Waals surface area (Å²) < 4.78 is 4.73. The van der Waals surface area contributed by atoms with Crippen LogP contribution < -0.4 is 10.6 Å². The number of urea groups is 1. The van der Waals surface area contributed by atoms with Crippen LogP contribution in [0.2, 0.25) is 0 Å². The van der Waals surface area contributed by atoms with Crippen molar-refractivity contribution in [2.75, 3.05) is 19.0 Å². The van der Waals surface area contributed by atoms with Crippen LogP contribution in [0.1, 0.15) is 35.3 Å². The number of hydrogen-bond acceptors (Lipinski definition) is 4. The fourth-order valence-corrected chi connectivity index (χ4v) is 3.34. The zero-order chi connectivity index (χ0) is 20.1. The van der Waals surface area contributed by atoms with Crippen LogP contribution in [0.5, 0.6) is 0 Å². The van der Waals surface area contributed by atoms with E-state index in [-0.39, 0.29) is 30.0 Å². The molecule has 1 fully saturated rings. The number of esters is 1. The molecule has 2 aromatic carbocycles. The predicted molar refractivity (Wildman–Crippen MR) is 105 cm³/mol. The van der Waals surface area contributed by atoms with E-state index < -0.39 is 12.0 Å². The molecular weight excluding hydrogens is 358 g/mol. The van der Waals surface area contributed by atoms with E-state index in [4.69, 9.17) is 4.74 Å². The van der Waals surface area contributed by atoms with Gasteiger partial charge in [0.15, 0.2) is 0 Å². The van der Waals surface area contributed by atoms with Gasteiger partial charge in [0, 0.05) is 13.0 Å². The van der Waals surface area contributed by atoms with Gasteiger partial charge in [0.2, 0.25) is 5.91 Å². The van der Waals surface area contributed by atoms with Crippen LogP contribution in [0.3, 0.4) is 0 Å². The number of likely N-dealkylation sites (tertiary alicyclic amines) is 1. The van der Waals surface area contributed by atoms with Crippen molar-refractivity contribution < 1.29 is 19.1 Å². The highest BCUT2D eigenvalue weighted by molar-refractivity contribution is 6.01. The number of amides is 3. The average molecular weight is 381 g/mol. The predicted octanol–water partition coefficient (Wildman–Crippen LogP) is 2.96. The maximum absolute atomic E-state index is 12.4. The van der Waals surface area contributed by atoms with E-state index in [9.17, 15) is 14.4 Å². The first-order chi connectivity index (χ1) is 13.5. The molecule has 146 valence electrons. The summed E-state index contributed by atoms with van der Waals surface area (Å²) in [6, 6.07) is 15.5. The monoisotopic (exact) mass is 381 g/mol. The van der Waals surface area contributed by atoms with E-state index in [1.54, 1.807) is 29.2 Å². The van der Waals surface area contributed by atoms with Gasteiger partial charge in [-0.15, -0.1) is 0 Å². The molecule has 28 heavy (non-hydrogen) atoms. The standard InChI is InChI=1S/C21H23N3O4/c1-14(15-8-4-3-5-9-15)24-13-16(12-19(24)25)22-21(27)23-18-11-7-6-10-17(18)20(26)28-2/h3-11,14,16H,12-13H2,1-2H3,(H2,22,23,27). The van der Waals surface area contributed by atoms with Gasteiger partial charge in [-0.1, -0.05) is 42.5 Å². The van der Waals surface area contributed by atoms with Gasteiger partial charge in [0.1, 0.15) is 0 Å². The molecule has 1 saturated heterocycles. The zero-order valence-electron chi connectivity index (χ0n) is 15.8. The smallest absolute Gasteiger partial charge is 0.339 e. The zero-order valence-corrected chi connectivity index (χ0v) is 15.8. The molecule has 0 aliphatic carbocycles. The molecule has 2 aromatic rings. The molecule has 1 heterocycles. The normalized spacial score (nSPS) is 17.1. The summed E-state index contributed by atoms with van der Waals surface area (Å²) in [7, 11) is 1.28. The number of anilines is 1. The van der Waals surface area contributed by atoms with Gasteiger partial charge in [-0.2, -0.15) is 0 Å². The molecule has 7 heteroatoms. The molecule has 2 atom stereocenters. The molecule has 3 rings (SSSR count). The molecule has 0 bridgehead atoms. The van der Waals surface area contributed by atoms with Crippen molar-refractivity contribution in [2.45, 2.75) is 25.4 Å². The lowest BCUT2D eigenvalue weighted by atomic mass is 10.1. The molecule has 1 aliphatic heterocycles. The van der Waals surface area contributed by atoms with Crippen molar-refractivity contribution in [3.05, 3.63) is 65.7 Å². The Labute approximate surface area is 163 Å². The Hall–Kier alpha value is -3.35. The van der Waals surface area contributed by atoms with Crippen LogP contribution in [0.25, 0.3) is 0 Å². The largest absolute Gasteiger partial charge is 0.465 e. The third-order valence-corrected chi connectivity index (χ3v) is 4.82. The van der Waals surface area contributed by atoms with E-state index in [2.05, 4.69) is 10.6 Å². The van der Waals surface area contributed by atoms with Crippen molar-refractivity contribution in [2.24, 2.45) is 0 Å². The molecule has 2 N–H and O–H groups in total. The molecule has 2 unspecified atom stereocenters. The Kier molecular flexibility index (Phi) is 5.93. The van der Waals surface area contributed by atoms with Crippen molar-refractivity contribution in [1.29, 1.82) is 0 Å². The maximum atomic E-state index is 12.4. The number of methoxy groups -OCH3 is 1. The Morgan fingerprint density at radius 2 is 1.79 bits per heavy atom. The van der Waals surface area contributed by atoms with Crippen molar-refractivity contribution in [3.63, 3.8) is 0 Å². The second-order valence-electron chi connectivity index (χ2n) is 6.67. The third kappa shape index (κ3) is 4.31. The van der Waals surface area contributed by atoms with E-state index in [0.29, 0.717) is 12.2 Å². The molecule has 0 aromatic heterocycles. The summed E-state index contributed by atoms with van der Waals surface area (Å²) in [5.41, 5.74) is 1.67. The van der Waals surface area contributed by atoms with E-state index >= 15 is 0 Å². The molecular formula is C21H23N3O4. The number of hydrogen-bond donors (Lipinski definition) is 2. The fourth-order valence-electron chi connectivity index (χ4n) is 3.34. The first-order valence-electron chi connectivity index (χ1n) is 9.09. The van der Waals surface area contributed by atoms with Gasteiger partial charge < -0.3 is 20.3 Å². The highest BCUT2D eigenvalue weighted by atomic mass is 16.5. The second-order valence-corrected chi connectivity index (χ2v) is 6.67. The highest BCUT2D eigenvalue weighted by Gasteiger charge is 2.34. The van der Waals surface area contributed by atoms with Crippen LogP contribution in [0.15, 0.2) is 54.6 Å². The van der Waals surface area contributed by atoms with Crippen molar-refractivity contribution in [1.82, 2.24) is 10.2 Å². The molecule has 0 saturated carbocycles. The fraction of sp³-hybridized carbons (Fsp3) is 0.286. The molecule has 3 amide bonds. The number of carbonyl (C=O) groups excluding carboxylic acids is 3. The first kappa shape index (κ1) is 19.4. The number of carbonyl (C=O) groups is 3. The van der Waals surface area contributed by atoms with Crippen molar-refractivity contribution in [3.8, 4) is 0 Å². The minimum atomic E-state index is -0.533. The molecule has 7 nitrogen and oxygen atoms in total. The lowest BCUT2D eigenvalue weighted by Crippen LogP contribution is -2.40. The number of nitrogens with one attached hydrogen (secondary N) is 2. The van der Waals surface area contributed by atoms with E-state index in [1.807, 2.05) is 37.3 Å². The summed E-state index contributed by atoms with van der Waals surface area (Å²) in [4.78, 5) is 38.4. The molecule has 1 aliphatic rings. The van der Waals surface area contributed by atoms with E-state index in [1.165, 1.54) is 7.11 Å². The van der Waals surface area contributed by atoms with Crippen LogP contribution in [-0.2, 0) is 9.53 Å². The minimum absolute atomic E-state index is 0.00314. The topological polar surface area (TPSA) is 87.7 Å². The average Bonchev–Trinajstić information content (AvgIpc) is 3.07. The molecule has 0 spiro atoms. The summed E-state index contributed by atoms with van der Waals surface area (Å²) in [6.45, 7) is 2.41. The van der Waals surface area contributed by atoms with Crippen LogP contribution >= 0.6 is 0 Å². The maximum Gasteiger partial charge on any atom is 0.339 e. The number of ether oxygens (including phenoxy) is 1. The number of benzene rings is 2. The van der Waals surface area contributed by atoms with Gasteiger partial charge in [0.05, 0.1) is 30.4 Å². The Balaban J connectivity index is 1.62. The van der Waals surface area contributed by atoms with Gasteiger partial charge in [-0.3, -0.25) is 4.79 Å². The van der Waals surface area contributed by atoms with E-state index in [0.717, 1.165) is 5.56 Å². The number of para-hydroxylation sites is 1. The second kappa shape index (κ2) is 8.56. The highest BCUT2D eigenvalue weighted by Crippen LogP contribution is 2.25. The lowest BCUT2D eigenvalue weighted by Gasteiger charge is -2.25. The third-order valence-electron chi connectivity index (χ3n) is 4.82. The summed E-state index contributed by atoms with van der Waals surface area (Å²) in [5, 5.41) is 5.48. The van der Waals surface area contributed by atoms with Crippen LogP contribution in [0.4, 0.5) is 10.5 Å². The van der Waals surface area contributed by atoms with Gasteiger partial charge in [-0.05, 0) is 24.6 Å². The van der Waals surface area contributed by atoms with Crippen LogP contribution in [-0.4, -0.2) is 42.5 Å². The minimum Gasteiger partial charge on any atom is -0.465 e. The van der Waals surface area contributed by atoms with Gasteiger partial charge in [0.25, 0.3) is 0 Å². The Morgan fingerprint density at radius 1 is 1.11 bits per heavy atom. The Morgan fingerprint density at radius 3 is 2.50 bits per heavy atom. The molecule has 0 radical (unpaired) electrons. The quantitative estimate of drug-likeness (QED) is 0.780.